The fourth-order valence-electron chi connectivity index (χ4n) is 1.52. The molecule has 0 saturated carbocycles. The van der Waals surface area contributed by atoms with Gasteiger partial charge in [-0.15, -0.1) is 0 Å². The molecule has 2 rings (SSSR count). The number of H-pyrrole nitrogens is 1. The second kappa shape index (κ2) is 5.45. The van der Waals surface area contributed by atoms with Gasteiger partial charge < -0.3 is 21.4 Å². The van der Waals surface area contributed by atoms with Gasteiger partial charge in [0, 0.05) is 12.4 Å². The number of carbonyl (C=O) groups is 2. The maximum Gasteiger partial charge on any atom is 0.316 e. The van der Waals surface area contributed by atoms with Crippen molar-refractivity contribution < 1.29 is 9.59 Å². The summed E-state index contributed by atoms with van der Waals surface area (Å²) in [6.07, 6.45) is 3.20. The zero-order chi connectivity index (χ0) is 13.8. The Morgan fingerprint density at radius 3 is 2.42 bits per heavy atom. The van der Waals surface area contributed by atoms with Gasteiger partial charge in [0.2, 0.25) is 0 Å². The Labute approximate surface area is 113 Å². The molecule has 0 spiro atoms. The summed E-state index contributed by atoms with van der Waals surface area (Å²) < 4.78 is 0. The molecule has 1 aromatic carbocycles. The van der Waals surface area contributed by atoms with Crippen molar-refractivity contribution in [3.05, 3.63) is 47.2 Å². The lowest BCUT2D eigenvalue weighted by Crippen LogP contribution is -2.20. The molecular formula is C12H11ClN4O2. The number of hydrogen-bond acceptors (Lipinski definition) is 2. The van der Waals surface area contributed by atoms with Crippen LogP contribution in [0.15, 0.2) is 36.7 Å². The van der Waals surface area contributed by atoms with E-state index in [2.05, 4.69) is 15.6 Å². The highest BCUT2D eigenvalue weighted by Gasteiger charge is 2.11. The first-order valence-electron chi connectivity index (χ1n) is 5.37. The zero-order valence-corrected chi connectivity index (χ0v) is 10.5. The van der Waals surface area contributed by atoms with Gasteiger partial charge in [0.05, 0.1) is 22.0 Å². The molecule has 1 heterocycles. The number of aromatic nitrogens is 1. The molecule has 0 radical (unpaired) electrons. The minimum Gasteiger partial charge on any atom is -0.367 e. The normalized spacial score (nSPS) is 9.95. The molecule has 0 atom stereocenters. The van der Waals surface area contributed by atoms with E-state index in [1.807, 2.05) is 0 Å². The summed E-state index contributed by atoms with van der Waals surface area (Å²) in [6.45, 7) is 0. The number of aromatic amines is 1. The van der Waals surface area contributed by atoms with Crippen LogP contribution in [0, 0.1) is 0 Å². The molecule has 0 aliphatic rings. The van der Waals surface area contributed by atoms with Crippen LogP contribution in [-0.2, 0) is 0 Å². The van der Waals surface area contributed by atoms with Gasteiger partial charge in [0.25, 0.3) is 5.91 Å². The molecule has 0 aliphatic carbocycles. The maximum absolute atomic E-state index is 11.9. The minimum atomic E-state index is -0.726. The number of halogens is 1. The SMILES string of the molecule is NC(=O)Nc1cccc(NC(=O)c2cc[nH]c2)c1Cl. The third-order valence-corrected chi connectivity index (χ3v) is 2.77. The smallest absolute Gasteiger partial charge is 0.316 e. The van der Waals surface area contributed by atoms with Crippen LogP contribution >= 0.6 is 11.6 Å². The summed E-state index contributed by atoms with van der Waals surface area (Å²) in [5.41, 5.74) is 6.22. The van der Waals surface area contributed by atoms with E-state index >= 15 is 0 Å². The molecule has 0 fully saturated rings. The van der Waals surface area contributed by atoms with Crippen LogP contribution in [0.5, 0.6) is 0 Å². The number of carbonyl (C=O) groups excluding carboxylic acids is 2. The standard InChI is InChI=1S/C12H11ClN4O2/c13-10-8(2-1-3-9(10)17-12(14)19)16-11(18)7-4-5-15-6-7/h1-6,15H,(H,16,18)(H3,14,17,19). The van der Waals surface area contributed by atoms with Crippen LogP contribution in [0.4, 0.5) is 16.2 Å². The molecule has 5 N–H and O–H groups in total. The maximum atomic E-state index is 11.9. The third kappa shape index (κ3) is 3.05. The Hall–Kier alpha value is -2.47. The highest BCUT2D eigenvalue weighted by Crippen LogP contribution is 2.30. The van der Waals surface area contributed by atoms with Crippen molar-refractivity contribution in [3.63, 3.8) is 0 Å². The first-order chi connectivity index (χ1) is 9.08. The lowest BCUT2D eigenvalue weighted by Gasteiger charge is -2.10. The number of nitrogens with one attached hydrogen (secondary N) is 3. The predicted molar refractivity (Wildman–Crippen MR) is 73.4 cm³/mol. The summed E-state index contributed by atoms with van der Waals surface area (Å²) in [6, 6.07) is 5.76. The lowest BCUT2D eigenvalue weighted by atomic mass is 10.2. The van der Waals surface area contributed by atoms with E-state index in [1.165, 1.54) is 0 Å². The van der Waals surface area contributed by atoms with Gasteiger partial charge in [-0.2, -0.15) is 0 Å². The molecule has 0 unspecified atom stereocenters. The van der Waals surface area contributed by atoms with Gasteiger partial charge in [-0.25, -0.2) is 4.79 Å². The Morgan fingerprint density at radius 1 is 1.16 bits per heavy atom. The summed E-state index contributed by atoms with van der Waals surface area (Å²) in [7, 11) is 0. The van der Waals surface area contributed by atoms with E-state index in [0.29, 0.717) is 16.9 Å². The predicted octanol–water partition coefficient (Wildman–Crippen LogP) is 2.41. The summed E-state index contributed by atoms with van der Waals surface area (Å²) in [5.74, 6) is -0.306. The molecule has 1 aromatic heterocycles. The monoisotopic (exact) mass is 278 g/mol. The molecular weight excluding hydrogens is 268 g/mol. The molecule has 0 bridgehead atoms. The second-order valence-electron chi connectivity index (χ2n) is 3.71. The van der Waals surface area contributed by atoms with Crippen molar-refractivity contribution in [2.45, 2.75) is 0 Å². The summed E-state index contributed by atoms with van der Waals surface area (Å²) in [4.78, 5) is 25.4. The van der Waals surface area contributed by atoms with E-state index < -0.39 is 6.03 Å². The molecule has 0 saturated heterocycles. The Bertz CT molecular complexity index is 610. The van der Waals surface area contributed by atoms with Crippen molar-refractivity contribution in [3.8, 4) is 0 Å². The largest absolute Gasteiger partial charge is 0.367 e. The number of primary amides is 1. The average Bonchev–Trinajstić information content (AvgIpc) is 2.87. The minimum absolute atomic E-state index is 0.213. The highest BCUT2D eigenvalue weighted by atomic mass is 35.5. The highest BCUT2D eigenvalue weighted by molar-refractivity contribution is 6.37. The van der Waals surface area contributed by atoms with Crippen LogP contribution in [0.2, 0.25) is 5.02 Å². The number of amides is 3. The number of nitrogens with two attached hydrogens (primary N) is 1. The summed E-state index contributed by atoms with van der Waals surface area (Å²) in [5, 5.41) is 5.23. The van der Waals surface area contributed by atoms with Gasteiger partial charge in [-0.3, -0.25) is 4.79 Å². The van der Waals surface area contributed by atoms with E-state index in [9.17, 15) is 9.59 Å². The van der Waals surface area contributed by atoms with Gasteiger partial charge in [-0.05, 0) is 18.2 Å². The van der Waals surface area contributed by atoms with Crippen LogP contribution in [0.3, 0.4) is 0 Å². The van der Waals surface area contributed by atoms with Crippen molar-refractivity contribution in [1.82, 2.24) is 4.98 Å². The Kier molecular flexibility index (Phi) is 3.72. The first kappa shape index (κ1) is 13.0. The molecule has 7 heteroatoms. The van der Waals surface area contributed by atoms with Gasteiger partial charge in [0.15, 0.2) is 0 Å². The number of anilines is 2. The average molecular weight is 279 g/mol. The zero-order valence-electron chi connectivity index (χ0n) is 9.74. The first-order valence-corrected chi connectivity index (χ1v) is 5.75. The van der Waals surface area contributed by atoms with E-state index in [4.69, 9.17) is 17.3 Å². The lowest BCUT2D eigenvalue weighted by molar-refractivity contribution is 0.102. The van der Waals surface area contributed by atoms with E-state index in [1.54, 1.807) is 36.7 Å². The molecule has 3 amide bonds. The Balaban J connectivity index is 2.21. The number of hydrogen-bond donors (Lipinski definition) is 4. The van der Waals surface area contributed by atoms with E-state index in [0.717, 1.165) is 0 Å². The second-order valence-corrected chi connectivity index (χ2v) is 4.09. The molecule has 2 aromatic rings. The third-order valence-electron chi connectivity index (χ3n) is 2.36. The number of rotatable bonds is 3. The van der Waals surface area contributed by atoms with Gasteiger partial charge >= 0.3 is 6.03 Å². The topological polar surface area (TPSA) is 100 Å². The van der Waals surface area contributed by atoms with Crippen LogP contribution in [-0.4, -0.2) is 16.9 Å². The van der Waals surface area contributed by atoms with Crippen LogP contribution in [0.25, 0.3) is 0 Å². The quantitative estimate of drug-likeness (QED) is 0.693. The fourth-order valence-corrected chi connectivity index (χ4v) is 1.74. The summed E-state index contributed by atoms with van der Waals surface area (Å²) >= 11 is 6.07. The van der Waals surface area contributed by atoms with Gasteiger partial charge in [-0.1, -0.05) is 17.7 Å². The molecule has 19 heavy (non-hydrogen) atoms. The Morgan fingerprint density at radius 2 is 1.84 bits per heavy atom. The molecule has 6 nitrogen and oxygen atoms in total. The number of urea groups is 1. The fraction of sp³-hybridized carbons (Fsp3) is 0. The molecule has 0 aliphatic heterocycles. The van der Waals surface area contributed by atoms with Crippen LogP contribution in [0.1, 0.15) is 10.4 Å². The van der Waals surface area contributed by atoms with Crippen molar-refractivity contribution in [2.24, 2.45) is 5.73 Å². The van der Waals surface area contributed by atoms with Gasteiger partial charge in [0.1, 0.15) is 0 Å². The number of benzene rings is 1. The van der Waals surface area contributed by atoms with E-state index in [-0.39, 0.29) is 10.9 Å². The van der Waals surface area contributed by atoms with Crippen LogP contribution < -0.4 is 16.4 Å². The van der Waals surface area contributed by atoms with Crippen molar-refractivity contribution in [1.29, 1.82) is 0 Å². The molecule has 98 valence electrons. The van der Waals surface area contributed by atoms with Crippen molar-refractivity contribution in [2.75, 3.05) is 10.6 Å². The van der Waals surface area contributed by atoms with Crippen molar-refractivity contribution >= 4 is 34.9 Å².